The van der Waals surface area contributed by atoms with Crippen molar-refractivity contribution in [3.8, 4) is 5.75 Å². The number of phenols is 1. The van der Waals surface area contributed by atoms with E-state index in [0.717, 1.165) is 24.8 Å². The largest absolute Gasteiger partial charge is 0.508 e. The van der Waals surface area contributed by atoms with E-state index in [1.165, 1.54) is 62.7 Å². The lowest BCUT2D eigenvalue weighted by atomic mass is 9.43. The van der Waals surface area contributed by atoms with Gasteiger partial charge in [0.15, 0.2) is 0 Å². The van der Waals surface area contributed by atoms with Crippen LogP contribution in [0.3, 0.4) is 0 Å². The monoisotopic (exact) mass is 471 g/mol. The lowest BCUT2D eigenvalue weighted by Gasteiger charge is -2.66. The molecule has 1 aromatic carbocycles. The molecule has 6 atom stereocenters. The summed E-state index contributed by atoms with van der Waals surface area (Å²) in [4.78, 5) is 26.0. The summed E-state index contributed by atoms with van der Waals surface area (Å²) in [7, 11) is 0. The third kappa shape index (κ3) is 2.52. The molecule has 4 aliphatic carbocycles. The standard InChI is InChI=1S/C28H33N5O2/c29-25(35)19-12-30-26(31-13-19)33-15-18-11-27-6-5-22(33)24(18)28(27)7-8-32(14-16-1-2-16)23(27)9-17-3-4-20(34)10-21(17)28/h3-4,10,12-13,16,18,22-24,34H,1-2,5-9,11,14-15H2,(H2,29,35)/t18-,22?,23?,24?,27?,28?/m1/s1. The summed E-state index contributed by atoms with van der Waals surface area (Å²) in [6.45, 7) is 3.44. The molecule has 7 nitrogen and oxygen atoms in total. The predicted octanol–water partition coefficient (Wildman–Crippen LogP) is 2.86. The minimum Gasteiger partial charge on any atom is -0.508 e. The zero-order chi connectivity index (χ0) is 23.5. The lowest BCUT2D eigenvalue weighted by molar-refractivity contribution is -0.0921. The average molecular weight is 472 g/mol. The number of hydrogen-bond donors (Lipinski definition) is 2. The molecular weight excluding hydrogens is 438 g/mol. The van der Waals surface area contributed by atoms with E-state index in [1.807, 2.05) is 6.07 Å². The number of fused-ring (bicyclic) bond motifs is 1. The second-order valence-electron chi connectivity index (χ2n) is 12.3. The Morgan fingerprint density at radius 3 is 2.77 bits per heavy atom. The maximum atomic E-state index is 11.5. The molecule has 6 aliphatic rings. The maximum Gasteiger partial charge on any atom is 0.251 e. The van der Waals surface area contributed by atoms with Crippen molar-refractivity contribution >= 4 is 11.9 Å². The Kier molecular flexibility index (Phi) is 3.96. The molecule has 35 heavy (non-hydrogen) atoms. The zero-order valence-electron chi connectivity index (χ0n) is 20.1. The van der Waals surface area contributed by atoms with Crippen LogP contribution in [0.4, 0.5) is 5.95 Å². The van der Waals surface area contributed by atoms with Crippen molar-refractivity contribution in [2.24, 2.45) is 28.9 Å². The molecule has 1 aromatic heterocycles. The van der Waals surface area contributed by atoms with Crippen LogP contribution in [0.5, 0.6) is 5.75 Å². The molecule has 2 aliphatic heterocycles. The molecular formula is C28H33N5O2. The van der Waals surface area contributed by atoms with Crippen LogP contribution < -0.4 is 10.6 Å². The number of anilines is 1. The van der Waals surface area contributed by atoms with Gasteiger partial charge in [-0.25, -0.2) is 9.97 Å². The number of amides is 1. The Labute approximate surface area is 205 Å². The van der Waals surface area contributed by atoms with Crippen molar-refractivity contribution in [1.29, 1.82) is 0 Å². The van der Waals surface area contributed by atoms with Crippen LogP contribution in [0.2, 0.25) is 0 Å². The molecule has 2 aromatic rings. The number of nitrogens with zero attached hydrogens (tertiary/aromatic N) is 4. The van der Waals surface area contributed by atoms with Crippen molar-refractivity contribution in [3.05, 3.63) is 47.3 Å². The minimum absolute atomic E-state index is 0.125. The second-order valence-corrected chi connectivity index (χ2v) is 12.3. The minimum atomic E-state index is -0.487. The fourth-order valence-electron chi connectivity index (χ4n) is 9.77. The number of carbonyl (C=O) groups excluding carboxylic acids is 1. The molecule has 3 saturated carbocycles. The van der Waals surface area contributed by atoms with E-state index in [4.69, 9.17) is 5.73 Å². The summed E-state index contributed by atoms with van der Waals surface area (Å²) in [6, 6.07) is 7.27. The van der Waals surface area contributed by atoms with Gasteiger partial charge in [-0.1, -0.05) is 6.07 Å². The van der Waals surface area contributed by atoms with E-state index in [-0.39, 0.29) is 5.41 Å². The normalized spacial score (nSPS) is 38.8. The first-order valence-corrected chi connectivity index (χ1v) is 13.5. The zero-order valence-corrected chi connectivity index (χ0v) is 20.1. The quantitative estimate of drug-likeness (QED) is 0.712. The van der Waals surface area contributed by atoms with Crippen LogP contribution in [0, 0.1) is 23.2 Å². The maximum absolute atomic E-state index is 11.5. The highest BCUT2D eigenvalue weighted by atomic mass is 16.3. The molecule has 4 bridgehead atoms. The van der Waals surface area contributed by atoms with Gasteiger partial charge in [-0.15, -0.1) is 0 Å². The van der Waals surface area contributed by atoms with Gasteiger partial charge in [0.1, 0.15) is 5.75 Å². The molecule has 2 saturated heterocycles. The lowest BCUT2D eigenvalue weighted by Crippen LogP contribution is -2.69. The van der Waals surface area contributed by atoms with Gasteiger partial charge in [0.25, 0.3) is 5.91 Å². The third-order valence-electron chi connectivity index (χ3n) is 11.0. The Morgan fingerprint density at radius 2 is 2.00 bits per heavy atom. The predicted molar refractivity (Wildman–Crippen MR) is 131 cm³/mol. The average Bonchev–Trinajstić information content (AvgIpc) is 3.54. The van der Waals surface area contributed by atoms with Crippen LogP contribution in [-0.4, -0.2) is 57.6 Å². The summed E-state index contributed by atoms with van der Waals surface area (Å²) < 4.78 is 0. The molecule has 7 heteroatoms. The highest BCUT2D eigenvalue weighted by Crippen LogP contribution is 2.75. The summed E-state index contributed by atoms with van der Waals surface area (Å²) in [6.07, 6.45) is 12.0. The Morgan fingerprint density at radius 1 is 1.17 bits per heavy atom. The van der Waals surface area contributed by atoms with Crippen molar-refractivity contribution in [2.45, 2.75) is 62.4 Å². The molecule has 3 N–H and O–H groups in total. The smallest absolute Gasteiger partial charge is 0.251 e. The van der Waals surface area contributed by atoms with Gasteiger partial charge in [-0.2, -0.15) is 0 Å². The number of rotatable bonds is 4. The van der Waals surface area contributed by atoms with Crippen LogP contribution in [0.15, 0.2) is 30.6 Å². The van der Waals surface area contributed by atoms with E-state index >= 15 is 0 Å². The number of aromatic hydroxyl groups is 1. The Balaban J connectivity index is 1.24. The van der Waals surface area contributed by atoms with Crippen LogP contribution >= 0.6 is 0 Å². The molecule has 0 radical (unpaired) electrons. The number of piperidine rings is 1. The molecule has 182 valence electrons. The van der Waals surface area contributed by atoms with Gasteiger partial charge in [-0.05, 0) is 97.9 Å². The van der Waals surface area contributed by atoms with E-state index < -0.39 is 5.91 Å². The van der Waals surface area contributed by atoms with Gasteiger partial charge in [0.2, 0.25) is 5.95 Å². The summed E-state index contributed by atoms with van der Waals surface area (Å²) in [5.74, 6) is 2.73. The number of phenolic OH excluding ortho intramolecular Hbond substituents is 1. The number of benzene rings is 1. The highest BCUT2D eigenvalue weighted by Gasteiger charge is 2.76. The summed E-state index contributed by atoms with van der Waals surface area (Å²) in [5.41, 5.74) is 9.13. The van der Waals surface area contributed by atoms with Crippen molar-refractivity contribution in [2.75, 3.05) is 24.5 Å². The molecule has 5 unspecified atom stereocenters. The number of likely N-dealkylation sites (tertiary alicyclic amines) is 1. The van der Waals surface area contributed by atoms with Crippen LogP contribution in [0.25, 0.3) is 0 Å². The summed E-state index contributed by atoms with van der Waals surface area (Å²) in [5, 5.41) is 10.6. The fourth-order valence-corrected chi connectivity index (χ4v) is 9.77. The molecule has 0 spiro atoms. The third-order valence-corrected chi connectivity index (χ3v) is 11.0. The second kappa shape index (κ2) is 6.75. The first-order valence-electron chi connectivity index (χ1n) is 13.5. The topological polar surface area (TPSA) is 95.6 Å². The van der Waals surface area contributed by atoms with E-state index in [1.54, 1.807) is 12.4 Å². The first-order chi connectivity index (χ1) is 17.0. The van der Waals surface area contributed by atoms with Crippen molar-refractivity contribution in [3.63, 3.8) is 0 Å². The SMILES string of the molecule is NC(=O)c1cnc(N2C[C@H]3CC45CCC2C3C42CCN(CC3CC3)C5Cc3ccc(O)cc32)nc1. The Hall–Kier alpha value is -2.67. The number of carbonyl (C=O) groups is 1. The van der Waals surface area contributed by atoms with E-state index in [0.29, 0.717) is 40.6 Å². The highest BCUT2D eigenvalue weighted by molar-refractivity contribution is 5.92. The van der Waals surface area contributed by atoms with Gasteiger partial charge in [0.05, 0.1) is 5.56 Å². The number of primary amides is 1. The fraction of sp³-hybridized carbons (Fsp3) is 0.607. The van der Waals surface area contributed by atoms with E-state index in [9.17, 15) is 9.90 Å². The van der Waals surface area contributed by atoms with Crippen LogP contribution in [0.1, 0.15) is 60.0 Å². The van der Waals surface area contributed by atoms with Gasteiger partial charge in [0, 0.05) is 43.0 Å². The number of hydrogen-bond acceptors (Lipinski definition) is 6. The van der Waals surface area contributed by atoms with Crippen LogP contribution in [-0.2, 0) is 11.8 Å². The first kappa shape index (κ1) is 20.5. The van der Waals surface area contributed by atoms with Gasteiger partial charge in [-0.3, -0.25) is 9.69 Å². The molecule has 1 amide bonds. The molecule has 8 rings (SSSR count). The van der Waals surface area contributed by atoms with E-state index in [2.05, 4.69) is 31.9 Å². The number of aromatic nitrogens is 2. The summed E-state index contributed by atoms with van der Waals surface area (Å²) >= 11 is 0. The molecule has 3 heterocycles. The Bertz CT molecular complexity index is 1230. The van der Waals surface area contributed by atoms with Crippen molar-refractivity contribution < 1.29 is 9.90 Å². The van der Waals surface area contributed by atoms with Gasteiger partial charge < -0.3 is 15.7 Å². The van der Waals surface area contributed by atoms with Crippen molar-refractivity contribution in [1.82, 2.24) is 14.9 Å². The number of nitrogens with two attached hydrogens (primary N) is 1. The van der Waals surface area contributed by atoms with Gasteiger partial charge >= 0.3 is 0 Å². The molecule has 5 fully saturated rings.